The molecule has 4 rings (SSSR count). The van der Waals surface area contributed by atoms with Gasteiger partial charge in [0, 0.05) is 13.1 Å². The average Bonchev–Trinajstić information content (AvgIpc) is 3.41. The van der Waals surface area contributed by atoms with Crippen LogP contribution in [0.2, 0.25) is 0 Å². The number of carbonyl (C=O) groups excluding carboxylic acids is 1. The molecular formula is C19H26N6O. The number of piperidine rings is 1. The van der Waals surface area contributed by atoms with Crippen LogP contribution in [-0.2, 0) is 11.3 Å². The van der Waals surface area contributed by atoms with E-state index in [2.05, 4.69) is 27.8 Å². The van der Waals surface area contributed by atoms with Crippen molar-refractivity contribution < 1.29 is 4.79 Å². The quantitative estimate of drug-likeness (QED) is 0.860. The highest BCUT2D eigenvalue weighted by atomic mass is 16.2. The second kappa shape index (κ2) is 7.53. The van der Waals surface area contributed by atoms with Gasteiger partial charge in [-0.1, -0.05) is 37.3 Å². The normalized spacial score (nSPS) is 19.5. The third-order valence-electron chi connectivity index (χ3n) is 5.39. The molecule has 1 saturated carbocycles. The average molecular weight is 354 g/mol. The van der Waals surface area contributed by atoms with Gasteiger partial charge in [-0.2, -0.15) is 0 Å². The number of rotatable bonds is 6. The summed E-state index contributed by atoms with van der Waals surface area (Å²) in [5.74, 6) is 1.65. The predicted molar refractivity (Wildman–Crippen MR) is 97.1 cm³/mol. The van der Waals surface area contributed by atoms with Crippen LogP contribution in [-0.4, -0.2) is 44.1 Å². The van der Waals surface area contributed by atoms with Gasteiger partial charge in [0.2, 0.25) is 5.91 Å². The summed E-state index contributed by atoms with van der Waals surface area (Å²) in [4.78, 5) is 15.2. The number of carbonyl (C=O) groups is 1. The lowest BCUT2D eigenvalue weighted by Crippen LogP contribution is -2.44. The lowest BCUT2D eigenvalue weighted by atomic mass is 9.97. The molecule has 2 aromatic rings. The van der Waals surface area contributed by atoms with Gasteiger partial charge in [0.05, 0.1) is 12.6 Å². The molecule has 26 heavy (non-hydrogen) atoms. The number of likely N-dealkylation sites (tertiary alicyclic amines) is 1. The summed E-state index contributed by atoms with van der Waals surface area (Å²) in [6, 6.07) is 10.00. The lowest BCUT2D eigenvalue weighted by Gasteiger charge is -2.33. The second-order valence-electron chi connectivity index (χ2n) is 7.50. The first-order valence-corrected chi connectivity index (χ1v) is 9.56. The summed E-state index contributed by atoms with van der Waals surface area (Å²) in [5.41, 5.74) is 0.988. The summed E-state index contributed by atoms with van der Waals surface area (Å²) in [5, 5.41) is 15.5. The third kappa shape index (κ3) is 3.77. The first-order chi connectivity index (χ1) is 12.7. The lowest BCUT2D eigenvalue weighted by molar-refractivity contribution is -0.135. The molecule has 1 aromatic carbocycles. The van der Waals surface area contributed by atoms with E-state index < -0.39 is 0 Å². The molecule has 2 fully saturated rings. The number of nitrogens with zero attached hydrogens (tertiary/aromatic N) is 5. The molecule has 1 N–H and O–H groups in total. The van der Waals surface area contributed by atoms with E-state index in [0.29, 0.717) is 18.5 Å². The summed E-state index contributed by atoms with van der Waals surface area (Å²) in [7, 11) is 0. The summed E-state index contributed by atoms with van der Waals surface area (Å²) in [6.07, 6.45) is 4.41. The van der Waals surface area contributed by atoms with E-state index in [-0.39, 0.29) is 11.9 Å². The van der Waals surface area contributed by atoms with Gasteiger partial charge in [-0.15, -0.1) is 5.10 Å². The minimum absolute atomic E-state index is 0.147. The molecule has 1 atom stereocenters. The summed E-state index contributed by atoms with van der Waals surface area (Å²) in [6.45, 7) is 4.42. The van der Waals surface area contributed by atoms with Crippen LogP contribution in [0.25, 0.3) is 0 Å². The Morgan fingerprint density at radius 2 is 1.92 bits per heavy atom. The fraction of sp³-hybridized carbons (Fsp3) is 0.579. The van der Waals surface area contributed by atoms with Gasteiger partial charge in [0.1, 0.15) is 6.04 Å². The first-order valence-electron chi connectivity index (χ1n) is 9.56. The maximum absolute atomic E-state index is 13.2. The Hall–Kier alpha value is -2.28. The molecule has 1 amide bonds. The van der Waals surface area contributed by atoms with Crippen molar-refractivity contribution in [1.82, 2.24) is 30.4 Å². The second-order valence-corrected chi connectivity index (χ2v) is 7.50. The van der Waals surface area contributed by atoms with Gasteiger partial charge in [-0.25, -0.2) is 4.68 Å². The SMILES string of the molecule is CC1CCN(C(=O)[C@H](NCc2nnnn2C2CC2)c2ccccc2)CC1. The first kappa shape index (κ1) is 17.1. The van der Waals surface area contributed by atoms with Gasteiger partial charge < -0.3 is 4.90 Å². The molecule has 7 heteroatoms. The van der Waals surface area contributed by atoms with Gasteiger partial charge in [0.25, 0.3) is 0 Å². The molecule has 1 aromatic heterocycles. The van der Waals surface area contributed by atoms with Crippen LogP contribution in [0.4, 0.5) is 0 Å². The van der Waals surface area contributed by atoms with Crippen molar-refractivity contribution in [2.24, 2.45) is 5.92 Å². The Morgan fingerprint density at radius 3 is 2.62 bits per heavy atom. The Labute approximate surface area is 153 Å². The maximum atomic E-state index is 13.2. The molecule has 1 aliphatic carbocycles. The van der Waals surface area contributed by atoms with Crippen LogP contribution in [0, 0.1) is 5.92 Å². The number of hydrogen-bond donors (Lipinski definition) is 1. The minimum atomic E-state index is -0.367. The molecule has 2 aliphatic rings. The highest BCUT2D eigenvalue weighted by Gasteiger charge is 2.30. The minimum Gasteiger partial charge on any atom is -0.341 e. The smallest absolute Gasteiger partial charge is 0.244 e. The van der Waals surface area contributed by atoms with Crippen LogP contribution in [0.5, 0.6) is 0 Å². The molecule has 7 nitrogen and oxygen atoms in total. The standard InChI is InChI=1S/C19H26N6O/c1-14-9-11-24(12-10-14)19(26)18(15-5-3-2-4-6-15)20-13-17-21-22-23-25(17)16-7-8-16/h2-6,14,16,18,20H,7-13H2,1H3/t18-/m1/s1. The van der Waals surface area contributed by atoms with Crippen molar-refractivity contribution in [2.75, 3.05) is 13.1 Å². The zero-order chi connectivity index (χ0) is 17.9. The Morgan fingerprint density at radius 1 is 1.19 bits per heavy atom. The zero-order valence-corrected chi connectivity index (χ0v) is 15.2. The molecule has 2 heterocycles. The zero-order valence-electron chi connectivity index (χ0n) is 15.2. The molecule has 0 bridgehead atoms. The van der Waals surface area contributed by atoms with Crippen molar-refractivity contribution in [3.63, 3.8) is 0 Å². The largest absolute Gasteiger partial charge is 0.341 e. The van der Waals surface area contributed by atoms with Crippen molar-refractivity contribution in [3.05, 3.63) is 41.7 Å². The van der Waals surface area contributed by atoms with Gasteiger partial charge in [-0.3, -0.25) is 10.1 Å². The summed E-state index contributed by atoms with van der Waals surface area (Å²) < 4.78 is 1.89. The number of amides is 1. The topological polar surface area (TPSA) is 75.9 Å². The fourth-order valence-electron chi connectivity index (χ4n) is 3.53. The Bertz CT molecular complexity index is 733. The molecular weight excluding hydrogens is 328 g/mol. The predicted octanol–water partition coefficient (Wildman–Crippen LogP) is 2.10. The van der Waals surface area contributed by atoms with E-state index in [9.17, 15) is 4.79 Å². The Balaban J connectivity index is 1.49. The van der Waals surface area contributed by atoms with Crippen LogP contribution < -0.4 is 5.32 Å². The van der Waals surface area contributed by atoms with Crippen LogP contribution in [0.1, 0.15) is 56.1 Å². The Kier molecular flexibility index (Phi) is 4.97. The van der Waals surface area contributed by atoms with Gasteiger partial charge in [-0.05, 0) is 47.6 Å². The van der Waals surface area contributed by atoms with Gasteiger partial charge in [0.15, 0.2) is 5.82 Å². The highest BCUT2D eigenvalue weighted by Crippen LogP contribution is 2.34. The molecule has 1 saturated heterocycles. The maximum Gasteiger partial charge on any atom is 0.244 e. The van der Waals surface area contributed by atoms with Gasteiger partial charge >= 0.3 is 0 Å². The number of tetrazole rings is 1. The monoisotopic (exact) mass is 354 g/mol. The highest BCUT2D eigenvalue weighted by molar-refractivity contribution is 5.83. The summed E-state index contributed by atoms with van der Waals surface area (Å²) >= 11 is 0. The van der Waals surface area contributed by atoms with E-state index in [4.69, 9.17) is 0 Å². The molecule has 0 unspecified atom stereocenters. The van der Waals surface area contributed by atoms with Crippen molar-refractivity contribution in [1.29, 1.82) is 0 Å². The fourth-order valence-corrected chi connectivity index (χ4v) is 3.53. The van der Waals surface area contributed by atoms with Crippen LogP contribution in [0.3, 0.4) is 0 Å². The van der Waals surface area contributed by atoms with E-state index in [1.807, 2.05) is 39.9 Å². The van der Waals surface area contributed by atoms with Crippen molar-refractivity contribution in [2.45, 2.75) is 51.2 Å². The van der Waals surface area contributed by atoms with E-state index in [0.717, 1.165) is 50.2 Å². The van der Waals surface area contributed by atoms with E-state index >= 15 is 0 Å². The number of hydrogen-bond acceptors (Lipinski definition) is 5. The van der Waals surface area contributed by atoms with Crippen LogP contribution in [0.15, 0.2) is 30.3 Å². The number of aromatic nitrogens is 4. The van der Waals surface area contributed by atoms with E-state index in [1.54, 1.807) is 0 Å². The molecule has 138 valence electrons. The number of nitrogens with one attached hydrogen (secondary N) is 1. The number of benzene rings is 1. The van der Waals surface area contributed by atoms with Crippen LogP contribution >= 0.6 is 0 Å². The van der Waals surface area contributed by atoms with Crippen molar-refractivity contribution in [3.8, 4) is 0 Å². The third-order valence-corrected chi connectivity index (χ3v) is 5.39. The molecule has 0 radical (unpaired) electrons. The molecule has 1 aliphatic heterocycles. The molecule has 0 spiro atoms. The van der Waals surface area contributed by atoms with E-state index in [1.165, 1.54) is 0 Å². The van der Waals surface area contributed by atoms with Crippen molar-refractivity contribution >= 4 is 5.91 Å².